The predicted octanol–water partition coefficient (Wildman–Crippen LogP) is 3.80. The molecule has 25 heavy (non-hydrogen) atoms. The molecule has 0 aromatic heterocycles. The summed E-state index contributed by atoms with van der Waals surface area (Å²) in [5.74, 6) is -1.04. The highest BCUT2D eigenvalue weighted by Crippen LogP contribution is 2.32. The molecule has 0 spiro atoms. The van der Waals surface area contributed by atoms with E-state index < -0.39 is 24.0 Å². The van der Waals surface area contributed by atoms with Crippen LogP contribution < -0.4 is 5.32 Å². The molecule has 2 atom stereocenters. The minimum atomic E-state index is -0.645. The zero-order valence-electron chi connectivity index (χ0n) is 14.2. The first kappa shape index (κ1) is 16.9. The quantitative estimate of drug-likeness (QED) is 0.682. The first-order chi connectivity index (χ1) is 12.1. The molecule has 128 valence electrons. The van der Waals surface area contributed by atoms with Crippen LogP contribution >= 0.6 is 0 Å². The van der Waals surface area contributed by atoms with Crippen molar-refractivity contribution in [2.75, 3.05) is 6.61 Å². The lowest BCUT2D eigenvalue weighted by Crippen LogP contribution is -2.44. The van der Waals surface area contributed by atoms with Crippen molar-refractivity contribution in [3.8, 4) is 0 Å². The van der Waals surface area contributed by atoms with Gasteiger partial charge in [0.25, 0.3) is 0 Å². The standard InChI is InChI=1S/C20H20N2O3/c1-3-4-12-25-19(23)17-13(2)21-20(24)22-18(17)16-11-7-9-14-8-5-6-10-15(14)16/h3-11,17-18H,12H2,1-2H3,(H,22,24)/b4-3+. The number of urea groups is 1. The lowest BCUT2D eigenvalue weighted by molar-refractivity contribution is -0.145. The topological polar surface area (TPSA) is 67.8 Å². The van der Waals surface area contributed by atoms with Crippen LogP contribution in [0.2, 0.25) is 0 Å². The summed E-state index contributed by atoms with van der Waals surface area (Å²) in [6.45, 7) is 3.76. The number of ether oxygens (including phenoxy) is 1. The molecule has 2 aromatic carbocycles. The number of hydrogen-bond donors (Lipinski definition) is 1. The summed E-state index contributed by atoms with van der Waals surface area (Å²) < 4.78 is 5.33. The van der Waals surface area contributed by atoms with Crippen molar-refractivity contribution < 1.29 is 14.3 Å². The maximum atomic E-state index is 12.6. The Morgan fingerprint density at radius 2 is 2.00 bits per heavy atom. The van der Waals surface area contributed by atoms with Gasteiger partial charge in [-0.3, -0.25) is 4.79 Å². The van der Waals surface area contributed by atoms with E-state index >= 15 is 0 Å². The van der Waals surface area contributed by atoms with Crippen LogP contribution in [0.15, 0.2) is 59.6 Å². The van der Waals surface area contributed by atoms with Gasteiger partial charge in [0, 0.05) is 5.71 Å². The molecule has 1 heterocycles. The molecule has 0 saturated carbocycles. The van der Waals surface area contributed by atoms with E-state index in [1.807, 2.05) is 55.5 Å². The van der Waals surface area contributed by atoms with Crippen molar-refractivity contribution in [2.24, 2.45) is 10.9 Å². The minimum Gasteiger partial charge on any atom is -0.461 e. The normalized spacial score (nSPS) is 20.4. The molecule has 1 aliphatic rings. The van der Waals surface area contributed by atoms with Crippen LogP contribution in [-0.4, -0.2) is 24.3 Å². The van der Waals surface area contributed by atoms with Crippen molar-refractivity contribution in [1.82, 2.24) is 5.32 Å². The number of aliphatic imine (C=N–C) groups is 1. The summed E-state index contributed by atoms with van der Waals surface area (Å²) in [7, 11) is 0. The van der Waals surface area contributed by atoms with Gasteiger partial charge in [-0.1, -0.05) is 54.6 Å². The average molecular weight is 336 g/mol. The van der Waals surface area contributed by atoms with E-state index in [9.17, 15) is 9.59 Å². The van der Waals surface area contributed by atoms with Crippen molar-refractivity contribution in [3.05, 3.63) is 60.2 Å². The van der Waals surface area contributed by atoms with Crippen LogP contribution in [0.1, 0.15) is 25.5 Å². The molecule has 0 saturated heterocycles. The van der Waals surface area contributed by atoms with E-state index in [1.54, 1.807) is 13.0 Å². The van der Waals surface area contributed by atoms with Gasteiger partial charge in [0.05, 0.1) is 6.04 Å². The number of esters is 1. The summed E-state index contributed by atoms with van der Waals surface area (Å²) in [5.41, 5.74) is 1.35. The number of fused-ring (bicyclic) bond motifs is 1. The zero-order chi connectivity index (χ0) is 17.8. The van der Waals surface area contributed by atoms with Crippen LogP contribution in [0.4, 0.5) is 4.79 Å². The summed E-state index contributed by atoms with van der Waals surface area (Å²) in [5, 5.41) is 4.88. The number of carbonyl (C=O) groups excluding carboxylic acids is 2. The van der Waals surface area contributed by atoms with Gasteiger partial charge in [0.2, 0.25) is 0 Å². The molecule has 2 amide bonds. The molecule has 1 aliphatic heterocycles. The van der Waals surface area contributed by atoms with Gasteiger partial charge in [-0.15, -0.1) is 0 Å². The third-order valence-corrected chi connectivity index (χ3v) is 4.31. The van der Waals surface area contributed by atoms with Gasteiger partial charge >= 0.3 is 12.0 Å². The van der Waals surface area contributed by atoms with Gasteiger partial charge in [0.1, 0.15) is 12.5 Å². The zero-order valence-corrected chi connectivity index (χ0v) is 14.2. The van der Waals surface area contributed by atoms with E-state index in [0.29, 0.717) is 5.71 Å². The fourth-order valence-electron chi connectivity index (χ4n) is 3.12. The largest absolute Gasteiger partial charge is 0.461 e. The average Bonchev–Trinajstić information content (AvgIpc) is 2.60. The number of benzene rings is 2. The summed E-state index contributed by atoms with van der Waals surface area (Å²) >= 11 is 0. The molecule has 0 fully saturated rings. The Morgan fingerprint density at radius 1 is 1.24 bits per heavy atom. The maximum absolute atomic E-state index is 12.6. The lowest BCUT2D eigenvalue weighted by Gasteiger charge is -2.30. The monoisotopic (exact) mass is 336 g/mol. The molecule has 1 N–H and O–H groups in total. The second-order valence-corrected chi connectivity index (χ2v) is 5.93. The van der Waals surface area contributed by atoms with Crippen molar-refractivity contribution >= 4 is 28.5 Å². The van der Waals surface area contributed by atoms with Gasteiger partial charge in [-0.2, -0.15) is 0 Å². The minimum absolute atomic E-state index is 0.204. The summed E-state index contributed by atoms with van der Waals surface area (Å²) in [6, 6.07) is 12.8. The van der Waals surface area contributed by atoms with Gasteiger partial charge in [-0.25, -0.2) is 9.79 Å². The lowest BCUT2D eigenvalue weighted by atomic mass is 9.86. The van der Waals surface area contributed by atoms with E-state index in [0.717, 1.165) is 16.3 Å². The van der Waals surface area contributed by atoms with E-state index in [1.165, 1.54) is 0 Å². The highest BCUT2D eigenvalue weighted by Gasteiger charge is 2.38. The van der Waals surface area contributed by atoms with Crippen molar-refractivity contribution in [3.63, 3.8) is 0 Å². The Hall–Kier alpha value is -2.95. The molecule has 3 rings (SSSR count). The van der Waals surface area contributed by atoms with Crippen LogP contribution in [0.25, 0.3) is 10.8 Å². The molecular formula is C20H20N2O3. The second kappa shape index (κ2) is 7.30. The summed E-state index contributed by atoms with van der Waals surface area (Å²) in [6.07, 6.45) is 3.58. The first-order valence-corrected chi connectivity index (χ1v) is 8.23. The molecule has 2 aromatic rings. The van der Waals surface area contributed by atoms with Gasteiger partial charge < -0.3 is 10.1 Å². The molecule has 2 unspecified atom stereocenters. The van der Waals surface area contributed by atoms with Gasteiger partial charge in [-0.05, 0) is 30.2 Å². The third-order valence-electron chi connectivity index (χ3n) is 4.31. The Balaban J connectivity index is 2.03. The van der Waals surface area contributed by atoms with Gasteiger partial charge in [0.15, 0.2) is 0 Å². The first-order valence-electron chi connectivity index (χ1n) is 8.23. The molecule has 0 bridgehead atoms. The number of rotatable bonds is 4. The molecule has 0 radical (unpaired) electrons. The Bertz CT molecular complexity index is 865. The molecule has 5 heteroatoms. The highest BCUT2D eigenvalue weighted by molar-refractivity contribution is 6.08. The Labute approximate surface area is 146 Å². The van der Waals surface area contributed by atoms with Crippen LogP contribution in [-0.2, 0) is 9.53 Å². The number of amides is 2. The van der Waals surface area contributed by atoms with Crippen LogP contribution in [0, 0.1) is 5.92 Å². The van der Waals surface area contributed by atoms with Crippen LogP contribution in [0.5, 0.6) is 0 Å². The fourth-order valence-corrected chi connectivity index (χ4v) is 3.12. The fraction of sp³-hybridized carbons (Fsp3) is 0.250. The third kappa shape index (κ3) is 3.45. The number of allylic oxidation sites excluding steroid dienone is 1. The number of carbonyl (C=O) groups is 2. The van der Waals surface area contributed by atoms with E-state index in [4.69, 9.17) is 4.74 Å². The predicted molar refractivity (Wildman–Crippen MR) is 97.6 cm³/mol. The van der Waals surface area contributed by atoms with E-state index in [2.05, 4.69) is 10.3 Å². The maximum Gasteiger partial charge on any atom is 0.341 e. The highest BCUT2D eigenvalue weighted by atomic mass is 16.5. The summed E-state index contributed by atoms with van der Waals surface area (Å²) in [4.78, 5) is 28.5. The van der Waals surface area contributed by atoms with Crippen molar-refractivity contribution in [1.29, 1.82) is 0 Å². The molecule has 0 aliphatic carbocycles. The number of nitrogens with zero attached hydrogens (tertiary/aromatic N) is 1. The number of hydrogen-bond acceptors (Lipinski definition) is 3. The SMILES string of the molecule is C/C=C/COC(=O)C1C(C)=NC(=O)NC1c1cccc2ccccc12. The number of nitrogens with one attached hydrogen (secondary N) is 1. The second-order valence-electron chi connectivity index (χ2n) is 5.93. The molecule has 5 nitrogen and oxygen atoms in total. The van der Waals surface area contributed by atoms with E-state index in [-0.39, 0.29) is 6.61 Å². The smallest absolute Gasteiger partial charge is 0.341 e. The van der Waals surface area contributed by atoms with Crippen molar-refractivity contribution in [2.45, 2.75) is 19.9 Å². The Morgan fingerprint density at radius 3 is 2.80 bits per heavy atom. The molecular weight excluding hydrogens is 316 g/mol. The van der Waals surface area contributed by atoms with Crippen LogP contribution in [0.3, 0.4) is 0 Å². The Kier molecular flexibility index (Phi) is 4.93.